The number of carbonyl (C=O) groups is 1. The fourth-order valence-electron chi connectivity index (χ4n) is 4.86. The molecule has 1 fully saturated rings. The Labute approximate surface area is 229 Å². The number of nitrogens with zero attached hydrogens (tertiary/aromatic N) is 3. The molecule has 0 aliphatic carbocycles. The summed E-state index contributed by atoms with van der Waals surface area (Å²) in [7, 11) is 0. The summed E-state index contributed by atoms with van der Waals surface area (Å²) in [5.74, 6) is 0.941. The third-order valence-electron chi connectivity index (χ3n) is 6.88. The van der Waals surface area contributed by atoms with Crippen LogP contribution in [0.4, 0.5) is 5.69 Å². The maximum absolute atomic E-state index is 13.2. The lowest BCUT2D eigenvalue weighted by Gasteiger charge is -2.36. The standard InChI is InChI=1S/C33H31N3O3/c1-2-38-32-22-25(15-16-31(32)39-24-27-11-8-10-26-9-6-7-14-30(26)27)21-28(23-34)33(37)36-19-17-35(18-20-36)29-12-4-3-5-13-29/h3-16,21-22H,2,17-20,24H2,1H3/b28-21-. The molecule has 4 aromatic rings. The molecule has 6 nitrogen and oxygen atoms in total. The predicted octanol–water partition coefficient (Wildman–Crippen LogP) is 6.07. The number of benzene rings is 4. The quantitative estimate of drug-likeness (QED) is 0.210. The molecule has 0 unspecified atom stereocenters. The van der Waals surface area contributed by atoms with Crippen molar-refractivity contribution >= 4 is 28.4 Å². The highest BCUT2D eigenvalue weighted by Gasteiger charge is 2.24. The zero-order valence-corrected chi connectivity index (χ0v) is 22.0. The molecule has 1 aliphatic rings. The SMILES string of the molecule is CCOc1cc(/C=C(/C#N)C(=O)N2CCN(c3ccccc3)CC2)ccc1OCc1cccc2ccccc12. The summed E-state index contributed by atoms with van der Waals surface area (Å²) in [5, 5.41) is 12.1. The van der Waals surface area contributed by atoms with Gasteiger partial charge in [-0.2, -0.15) is 5.26 Å². The third kappa shape index (κ3) is 6.05. The van der Waals surface area contributed by atoms with E-state index >= 15 is 0 Å². The second-order valence-corrected chi connectivity index (χ2v) is 9.35. The summed E-state index contributed by atoms with van der Waals surface area (Å²) in [6.45, 7) is 5.37. The van der Waals surface area contributed by atoms with Crippen LogP contribution in [-0.2, 0) is 11.4 Å². The van der Waals surface area contributed by atoms with Gasteiger partial charge < -0.3 is 19.3 Å². The molecule has 1 amide bonds. The number of hydrogen-bond acceptors (Lipinski definition) is 5. The number of piperazine rings is 1. The number of hydrogen-bond donors (Lipinski definition) is 0. The van der Waals surface area contributed by atoms with Crippen molar-refractivity contribution < 1.29 is 14.3 Å². The van der Waals surface area contributed by atoms with Crippen LogP contribution in [-0.4, -0.2) is 43.6 Å². The first-order chi connectivity index (χ1) is 19.2. The largest absolute Gasteiger partial charge is 0.490 e. The van der Waals surface area contributed by atoms with E-state index in [1.165, 1.54) is 5.39 Å². The Kier molecular flexibility index (Phi) is 8.09. The predicted molar refractivity (Wildman–Crippen MR) is 155 cm³/mol. The summed E-state index contributed by atoms with van der Waals surface area (Å²) in [6, 6.07) is 32.2. The minimum Gasteiger partial charge on any atom is -0.490 e. The van der Waals surface area contributed by atoms with Gasteiger partial charge in [-0.1, -0.05) is 66.7 Å². The lowest BCUT2D eigenvalue weighted by atomic mass is 10.1. The molecule has 0 radical (unpaired) electrons. The van der Waals surface area contributed by atoms with Gasteiger partial charge in [0.2, 0.25) is 0 Å². The molecule has 0 N–H and O–H groups in total. The highest BCUT2D eigenvalue weighted by atomic mass is 16.5. The molecule has 0 spiro atoms. The lowest BCUT2D eigenvalue weighted by molar-refractivity contribution is -0.126. The van der Waals surface area contributed by atoms with Crippen LogP contribution in [0.25, 0.3) is 16.8 Å². The average molecular weight is 518 g/mol. The van der Waals surface area contributed by atoms with E-state index in [0.29, 0.717) is 43.4 Å². The van der Waals surface area contributed by atoms with E-state index in [0.717, 1.165) is 29.7 Å². The Morgan fingerprint density at radius 3 is 2.38 bits per heavy atom. The molecular weight excluding hydrogens is 486 g/mol. The van der Waals surface area contributed by atoms with Gasteiger partial charge >= 0.3 is 0 Å². The van der Waals surface area contributed by atoms with Crippen molar-refractivity contribution in [3.63, 3.8) is 0 Å². The number of fused-ring (bicyclic) bond motifs is 1. The van der Waals surface area contributed by atoms with Crippen LogP contribution in [0.3, 0.4) is 0 Å². The second kappa shape index (κ2) is 12.2. The van der Waals surface area contributed by atoms with Crippen molar-refractivity contribution in [2.45, 2.75) is 13.5 Å². The summed E-state index contributed by atoms with van der Waals surface area (Å²) in [4.78, 5) is 17.2. The van der Waals surface area contributed by atoms with Gasteiger partial charge in [-0.25, -0.2) is 0 Å². The molecule has 196 valence electrons. The summed E-state index contributed by atoms with van der Waals surface area (Å²) < 4.78 is 12.0. The van der Waals surface area contributed by atoms with Crippen molar-refractivity contribution in [1.29, 1.82) is 5.26 Å². The van der Waals surface area contributed by atoms with E-state index in [4.69, 9.17) is 9.47 Å². The Morgan fingerprint density at radius 2 is 1.62 bits per heavy atom. The van der Waals surface area contributed by atoms with Crippen LogP contribution in [0.1, 0.15) is 18.1 Å². The Morgan fingerprint density at radius 1 is 0.872 bits per heavy atom. The van der Waals surface area contributed by atoms with Gasteiger partial charge in [0.25, 0.3) is 5.91 Å². The van der Waals surface area contributed by atoms with E-state index in [9.17, 15) is 10.1 Å². The van der Waals surface area contributed by atoms with Crippen molar-refractivity contribution in [3.8, 4) is 17.6 Å². The number of rotatable bonds is 8. The van der Waals surface area contributed by atoms with Crippen LogP contribution in [0.2, 0.25) is 0 Å². The maximum atomic E-state index is 13.2. The molecule has 0 aromatic heterocycles. The number of para-hydroxylation sites is 1. The van der Waals surface area contributed by atoms with Crippen LogP contribution in [0.15, 0.2) is 96.6 Å². The van der Waals surface area contributed by atoms with Crippen molar-refractivity contribution in [1.82, 2.24) is 4.90 Å². The lowest BCUT2D eigenvalue weighted by Crippen LogP contribution is -2.49. The number of nitriles is 1. The van der Waals surface area contributed by atoms with Crippen LogP contribution < -0.4 is 14.4 Å². The minimum absolute atomic E-state index is 0.107. The number of anilines is 1. The van der Waals surface area contributed by atoms with Gasteiger partial charge in [-0.3, -0.25) is 4.79 Å². The third-order valence-corrected chi connectivity index (χ3v) is 6.88. The Bertz CT molecular complexity index is 1510. The van der Waals surface area contributed by atoms with Gasteiger partial charge in [-0.05, 0) is 59.2 Å². The minimum atomic E-state index is -0.251. The number of ether oxygens (including phenoxy) is 2. The summed E-state index contributed by atoms with van der Waals surface area (Å²) in [6.07, 6.45) is 1.63. The first-order valence-electron chi connectivity index (χ1n) is 13.2. The van der Waals surface area contributed by atoms with Gasteiger partial charge in [0.15, 0.2) is 11.5 Å². The molecule has 0 atom stereocenters. The monoisotopic (exact) mass is 517 g/mol. The van der Waals surface area contributed by atoms with Gasteiger partial charge in [0.1, 0.15) is 18.2 Å². The Hall–Kier alpha value is -4.76. The fraction of sp³-hybridized carbons (Fsp3) is 0.212. The normalized spacial score (nSPS) is 13.7. The first kappa shape index (κ1) is 25.9. The van der Waals surface area contributed by atoms with Crippen molar-refractivity contribution in [2.75, 3.05) is 37.7 Å². The van der Waals surface area contributed by atoms with Gasteiger partial charge in [0, 0.05) is 31.9 Å². The molecule has 6 heteroatoms. The van der Waals surface area contributed by atoms with Gasteiger partial charge in [-0.15, -0.1) is 0 Å². The highest BCUT2D eigenvalue weighted by Crippen LogP contribution is 2.31. The number of carbonyl (C=O) groups excluding carboxylic acids is 1. The van der Waals surface area contributed by atoms with E-state index in [2.05, 4.69) is 47.4 Å². The molecule has 39 heavy (non-hydrogen) atoms. The topological polar surface area (TPSA) is 65.8 Å². The van der Waals surface area contributed by atoms with Crippen LogP contribution in [0, 0.1) is 11.3 Å². The Balaban J connectivity index is 1.29. The molecule has 1 heterocycles. The summed E-state index contributed by atoms with van der Waals surface area (Å²) in [5.41, 5.74) is 3.05. The second-order valence-electron chi connectivity index (χ2n) is 9.35. The first-order valence-corrected chi connectivity index (χ1v) is 13.2. The summed E-state index contributed by atoms with van der Waals surface area (Å²) >= 11 is 0. The molecule has 5 rings (SSSR count). The maximum Gasteiger partial charge on any atom is 0.264 e. The zero-order chi connectivity index (χ0) is 27.0. The van der Waals surface area contributed by atoms with E-state index < -0.39 is 0 Å². The highest BCUT2D eigenvalue weighted by molar-refractivity contribution is 6.01. The van der Waals surface area contributed by atoms with Crippen LogP contribution >= 0.6 is 0 Å². The molecule has 4 aromatic carbocycles. The van der Waals surface area contributed by atoms with Crippen molar-refractivity contribution in [2.24, 2.45) is 0 Å². The van der Waals surface area contributed by atoms with E-state index in [1.54, 1.807) is 11.0 Å². The number of amides is 1. The molecule has 1 aliphatic heterocycles. The molecule has 1 saturated heterocycles. The zero-order valence-electron chi connectivity index (χ0n) is 22.0. The fourth-order valence-corrected chi connectivity index (χ4v) is 4.86. The van der Waals surface area contributed by atoms with Crippen LogP contribution in [0.5, 0.6) is 11.5 Å². The molecular formula is C33H31N3O3. The average Bonchev–Trinajstić information content (AvgIpc) is 3.00. The smallest absolute Gasteiger partial charge is 0.264 e. The van der Waals surface area contributed by atoms with Gasteiger partial charge in [0.05, 0.1) is 6.61 Å². The van der Waals surface area contributed by atoms with E-state index in [1.807, 2.05) is 61.5 Å². The van der Waals surface area contributed by atoms with E-state index in [-0.39, 0.29) is 11.5 Å². The molecule has 0 bridgehead atoms. The van der Waals surface area contributed by atoms with Crippen molar-refractivity contribution in [3.05, 3.63) is 108 Å². The molecule has 0 saturated carbocycles.